The number of fused-ring (bicyclic) bond motifs is 1. The van der Waals surface area contributed by atoms with Crippen molar-refractivity contribution in [3.63, 3.8) is 0 Å². The van der Waals surface area contributed by atoms with Crippen LogP contribution in [0.5, 0.6) is 11.5 Å². The minimum absolute atomic E-state index is 0.634. The van der Waals surface area contributed by atoms with E-state index in [4.69, 9.17) is 21.1 Å². The number of benzene rings is 1. The summed E-state index contributed by atoms with van der Waals surface area (Å²) in [4.78, 5) is 0. The maximum absolute atomic E-state index is 5.53. The van der Waals surface area contributed by atoms with Gasteiger partial charge in [0.2, 0.25) is 0 Å². The first-order valence-electron chi connectivity index (χ1n) is 5.74. The largest absolute Gasteiger partial charge is 0.486 e. The van der Waals surface area contributed by atoms with Crippen LogP contribution in [0.3, 0.4) is 0 Å². The Morgan fingerprint density at radius 1 is 1.24 bits per heavy atom. The molecule has 17 heavy (non-hydrogen) atoms. The van der Waals surface area contributed by atoms with Gasteiger partial charge in [0, 0.05) is 12.1 Å². The van der Waals surface area contributed by atoms with Crippen LogP contribution < -0.4 is 14.8 Å². The Hall–Kier alpha value is -1.19. The van der Waals surface area contributed by atoms with Gasteiger partial charge in [-0.25, -0.2) is 0 Å². The summed E-state index contributed by atoms with van der Waals surface area (Å²) >= 11 is 5.43. The fourth-order valence-corrected chi connectivity index (χ4v) is 1.80. The molecule has 4 heteroatoms. The number of ether oxygens (including phenoxy) is 2. The standard InChI is InChI=1S/C13H16ClNO2/c14-5-1-6-15-7-4-11-2-3-12-13(10-11)17-9-8-16-12/h1-3,5,10,15H,4,6-9H2/b5-1+. The number of hydrogen-bond acceptors (Lipinski definition) is 3. The molecular weight excluding hydrogens is 238 g/mol. The van der Waals surface area contributed by atoms with Gasteiger partial charge in [-0.05, 0) is 30.7 Å². The fraction of sp³-hybridized carbons (Fsp3) is 0.385. The molecule has 1 heterocycles. The van der Waals surface area contributed by atoms with Gasteiger partial charge in [-0.15, -0.1) is 0 Å². The molecule has 0 atom stereocenters. The number of hydrogen-bond donors (Lipinski definition) is 1. The van der Waals surface area contributed by atoms with Gasteiger partial charge in [-0.1, -0.05) is 23.7 Å². The normalized spacial score (nSPS) is 14.2. The monoisotopic (exact) mass is 253 g/mol. The van der Waals surface area contributed by atoms with Crippen molar-refractivity contribution >= 4 is 11.6 Å². The van der Waals surface area contributed by atoms with Crippen molar-refractivity contribution in [1.29, 1.82) is 0 Å². The molecule has 0 spiro atoms. The third-order valence-electron chi connectivity index (χ3n) is 2.55. The lowest BCUT2D eigenvalue weighted by Gasteiger charge is -2.18. The molecule has 0 unspecified atom stereocenters. The lowest BCUT2D eigenvalue weighted by Crippen LogP contribution is -2.18. The molecule has 1 N–H and O–H groups in total. The quantitative estimate of drug-likeness (QED) is 0.817. The van der Waals surface area contributed by atoms with Gasteiger partial charge in [-0.3, -0.25) is 0 Å². The van der Waals surface area contributed by atoms with Crippen LogP contribution in [0.4, 0.5) is 0 Å². The van der Waals surface area contributed by atoms with Crippen LogP contribution in [0.15, 0.2) is 29.8 Å². The maximum atomic E-state index is 5.53. The highest BCUT2D eigenvalue weighted by Crippen LogP contribution is 2.30. The third kappa shape index (κ3) is 3.65. The van der Waals surface area contributed by atoms with Crippen LogP contribution >= 0.6 is 11.6 Å². The summed E-state index contributed by atoms with van der Waals surface area (Å²) in [6.07, 6.45) is 2.85. The molecule has 0 bridgehead atoms. The van der Waals surface area contributed by atoms with Crippen LogP contribution in [-0.4, -0.2) is 26.3 Å². The molecule has 0 radical (unpaired) electrons. The van der Waals surface area contributed by atoms with E-state index in [0.29, 0.717) is 13.2 Å². The Labute approximate surface area is 106 Å². The zero-order chi connectivity index (χ0) is 11.9. The van der Waals surface area contributed by atoms with Crippen LogP contribution in [-0.2, 0) is 6.42 Å². The van der Waals surface area contributed by atoms with Gasteiger partial charge in [0.15, 0.2) is 11.5 Å². The van der Waals surface area contributed by atoms with E-state index in [1.807, 2.05) is 18.2 Å². The lowest BCUT2D eigenvalue weighted by molar-refractivity contribution is 0.171. The third-order valence-corrected chi connectivity index (χ3v) is 2.73. The van der Waals surface area contributed by atoms with Crippen molar-refractivity contribution in [2.45, 2.75) is 6.42 Å². The van der Waals surface area contributed by atoms with E-state index < -0.39 is 0 Å². The molecular formula is C13H16ClNO2. The van der Waals surface area contributed by atoms with Crippen molar-refractivity contribution in [2.75, 3.05) is 26.3 Å². The summed E-state index contributed by atoms with van der Waals surface area (Å²) in [5, 5.41) is 3.27. The van der Waals surface area contributed by atoms with E-state index >= 15 is 0 Å². The number of nitrogens with one attached hydrogen (secondary N) is 1. The molecule has 3 nitrogen and oxygen atoms in total. The average molecular weight is 254 g/mol. The second kappa shape index (κ2) is 6.52. The fourth-order valence-electron chi connectivity index (χ4n) is 1.71. The molecule has 0 saturated heterocycles. The second-order valence-electron chi connectivity index (χ2n) is 3.79. The second-order valence-corrected chi connectivity index (χ2v) is 4.05. The first-order chi connectivity index (χ1) is 8.40. The van der Waals surface area contributed by atoms with Gasteiger partial charge in [0.25, 0.3) is 0 Å². The average Bonchev–Trinajstić information content (AvgIpc) is 2.38. The predicted molar refractivity (Wildman–Crippen MR) is 69.0 cm³/mol. The summed E-state index contributed by atoms with van der Waals surface area (Å²) < 4.78 is 11.0. The Morgan fingerprint density at radius 2 is 2.06 bits per heavy atom. The molecule has 0 amide bonds. The van der Waals surface area contributed by atoms with E-state index in [9.17, 15) is 0 Å². The number of rotatable bonds is 5. The molecule has 0 aromatic heterocycles. The van der Waals surface area contributed by atoms with E-state index in [1.165, 1.54) is 11.1 Å². The minimum atomic E-state index is 0.634. The predicted octanol–water partition coefficient (Wildman–Crippen LogP) is 2.34. The van der Waals surface area contributed by atoms with Crippen LogP contribution in [0, 0.1) is 0 Å². The first kappa shape index (κ1) is 12.3. The van der Waals surface area contributed by atoms with Gasteiger partial charge in [0.05, 0.1) is 0 Å². The Morgan fingerprint density at radius 3 is 2.88 bits per heavy atom. The summed E-state index contributed by atoms with van der Waals surface area (Å²) in [5.74, 6) is 1.70. The highest BCUT2D eigenvalue weighted by molar-refractivity contribution is 6.25. The van der Waals surface area contributed by atoms with Gasteiger partial charge >= 0.3 is 0 Å². The summed E-state index contributed by atoms with van der Waals surface area (Å²) in [5.41, 5.74) is 2.77. The van der Waals surface area contributed by atoms with Crippen LogP contribution in [0.2, 0.25) is 0 Å². The first-order valence-corrected chi connectivity index (χ1v) is 6.18. The molecule has 92 valence electrons. The highest BCUT2D eigenvalue weighted by atomic mass is 35.5. The smallest absolute Gasteiger partial charge is 0.161 e. The summed E-state index contributed by atoms with van der Waals surface area (Å²) in [6, 6.07) is 6.10. The molecule has 0 aliphatic carbocycles. The van der Waals surface area contributed by atoms with E-state index in [2.05, 4.69) is 11.4 Å². The molecule has 0 saturated carbocycles. The van der Waals surface area contributed by atoms with E-state index in [-0.39, 0.29) is 0 Å². The van der Waals surface area contributed by atoms with Crippen molar-refractivity contribution < 1.29 is 9.47 Å². The Kier molecular flexibility index (Phi) is 4.71. The zero-order valence-corrected chi connectivity index (χ0v) is 10.4. The molecule has 1 aromatic rings. The minimum Gasteiger partial charge on any atom is -0.486 e. The zero-order valence-electron chi connectivity index (χ0n) is 9.62. The SMILES string of the molecule is Cl/C=C/CNCCc1ccc2c(c1)OCCO2. The molecule has 1 aromatic carbocycles. The Balaban J connectivity index is 1.84. The molecule has 2 rings (SSSR count). The van der Waals surface area contributed by atoms with E-state index in [0.717, 1.165) is 31.0 Å². The highest BCUT2D eigenvalue weighted by Gasteiger charge is 2.11. The summed E-state index contributed by atoms with van der Waals surface area (Å²) in [7, 11) is 0. The van der Waals surface area contributed by atoms with Crippen molar-refractivity contribution in [1.82, 2.24) is 5.32 Å². The van der Waals surface area contributed by atoms with Crippen LogP contribution in [0.1, 0.15) is 5.56 Å². The van der Waals surface area contributed by atoms with Crippen molar-refractivity contribution in [3.8, 4) is 11.5 Å². The van der Waals surface area contributed by atoms with Crippen molar-refractivity contribution in [2.24, 2.45) is 0 Å². The molecule has 1 aliphatic heterocycles. The number of halogens is 1. The van der Waals surface area contributed by atoms with Gasteiger partial charge < -0.3 is 14.8 Å². The van der Waals surface area contributed by atoms with Gasteiger partial charge in [0.1, 0.15) is 13.2 Å². The lowest BCUT2D eigenvalue weighted by atomic mass is 10.1. The summed E-state index contributed by atoms with van der Waals surface area (Å²) in [6.45, 7) is 2.99. The Bertz CT molecular complexity index is 393. The van der Waals surface area contributed by atoms with Crippen LogP contribution in [0.25, 0.3) is 0 Å². The molecule has 1 aliphatic rings. The van der Waals surface area contributed by atoms with Crippen molar-refractivity contribution in [3.05, 3.63) is 35.4 Å². The van der Waals surface area contributed by atoms with Gasteiger partial charge in [-0.2, -0.15) is 0 Å². The molecule has 0 fully saturated rings. The topological polar surface area (TPSA) is 30.5 Å². The maximum Gasteiger partial charge on any atom is 0.161 e. The van der Waals surface area contributed by atoms with E-state index in [1.54, 1.807) is 0 Å².